The Morgan fingerprint density at radius 1 is 1.14 bits per heavy atom. The highest BCUT2D eigenvalue weighted by molar-refractivity contribution is 5.33. The van der Waals surface area contributed by atoms with Gasteiger partial charge >= 0.3 is 0 Å². The van der Waals surface area contributed by atoms with Crippen molar-refractivity contribution in [2.45, 2.75) is 67.0 Å². The molecule has 0 amide bonds. The van der Waals surface area contributed by atoms with Crippen LogP contribution in [0.4, 0.5) is 0 Å². The average Bonchev–Trinajstić information content (AvgIpc) is 2.38. The van der Waals surface area contributed by atoms with E-state index in [1.54, 1.807) is 0 Å². The smallest absolute Gasteiger partial charge is 0.0817 e. The van der Waals surface area contributed by atoms with E-state index in [0.29, 0.717) is 0 Å². The van der Waals surface area contributed by atoms with Gasteiger partial charge in [-0.2, -0.15) is 0 Å². The van der Waals surface area contributed by atoms with E-state index in [9.17, 15) is 0 Å². The molecule has 120 valence electrons. The van der Waals surface area contributed by atoms with Crippen molar-refractivity contribution in [1.29, 1.82) is 0 Å². The van der Waals surface area contributed by atoms with Gasteiger partial charge in [-0.1, -0.05) is 51.5 Å². The quantitative estimate of drug-likeness (QED) is 0.779. The first-order chi connectivity index (χ1) is 9.81. The Hall–Kier alpha value is -0.860. The largest absolute Gasteiger partial charge is 0.376 e. The third kappa shape index (κ3) is 5.12. The van der Waals surface area contributed by atoms with E-state index in [1.165, 1.54) is 16.7 Å². The molecule has 2 unspecified atom stereocenters. The van der Waals surface area contributed by atoms with Crippen molar-refractivity contribution < 1.29 is 4.74 Å². The van der Waals surface area contributed by atoms with Gasteiger partial charge in [0.1, 0.15) is 0 Å². The van der Waals surface area contributed by atoms with Gasteiger partial charge in [-0.3, -0.25) is 0 Å². The standard InChI is InChI=1S/C19H33NO/c1-8-12-20-17(18(21-9-2)19(5,6)7)16-11-10-14(3)13-15(16)4/h10-11,13,17-18,20H,8-9,12H2,1-7H3. The number of ether oxygens (including phenoxy) is 1. The van der Waals surface area contributed by atoms with Gasteiger partial charge in [-0.05, 0) is 50.3 Å². The Balaban J connectivity index is 3.18. The summed E-state index contributed by atoms with van der Waals surface area (Å²) < 4.78 is 6.14. The molecule has 2 atom stereocenters. The van der Waals surface area contributed by atoms with Gasteiger partial charge < -0.3 is 10.1 Å². The second-order valence-corrected chi connectivity index (χ2v) is 7.03. The first kappa shape index (κ1) is 18.2. The third-order valence-corrected chi connectivity index (χ3v) is 3.88. The summed E-state index contributed by atoms with van der Waals surface area (Å²) in [5, 5.41) is 3.71. The Kier molecular flexibility index (Phi) is 6.89. The minimum atomic E-state index is 0.0960. The van der Waals surface area contributed by atoms with Crippen LogP contribution in [0.5, 0.6) is 0 Å². The maximum absolute atomic E-state index is 6.14. The highest BCUT2D eigenvalue weighted by Gasteiger charge is 2.34. The molecule has 1 N–H and O–H groups in total. The van der Waals surface area contributed by atoms with Crippen LogP contribution in [0.25, 0.3) is 0 Å². The van der Waals surface area contributed by atoms with Crippen LogP contribution in [-0.4, -0.2) is 19.3 Å². The van der Waals surface area contributed by atoms with Crippen LogP contribution in [0.1, 0.15) is 63.8 Å². The van der Waals surface area contributed by atoms with Crippen molar-refractivity contribution >= 4 is 0 Å². The molecular weight excluding hydrogens is 258 g/mol. The Morgan fingerprint density at radius 2 is 1.81 bits per heavy atom. The van der Waals surface area contributed by atoms with E-state index in [-0.39, 0.29) is 17.6 Å². The predicted molar refractivity (Wildman–Crippen MR) is 91.8 cm³/mol. The van der Waals surface area contributed by atoms with E-state index in [4.69, 9.17) is 4.74 Å². The van der Waals surface area contributed by atoms with Crippen LogP contribution in [0.15, 0.2) is 18.2 Å². The monoisotopic (exact) mass is 291 g/mol. The fourth-order valence-electron chi connectivity index (χ4n) is 2.88. The molecule has 0 radical (unpaired) electrons. The SMILES string of the molecule is CCCNC(c1ccc(C)cc1C)C(OCC)C(C)(C)C. The topological polar surface area (TPSA) is 21.3 Å². The summed E-state index contributed by atoms with van der Waals surface area (Å²) in [6.45, 7) is 17.2. The summed E-state index contributed by atoms with van der Waals surface area (Å²) in [5.74, 6) is 0. The summed E-state index contributed by atoms with van der Waals surface area (Å²) >= 11 is 0. The van der Waals surface area contributed by atoms with E-state index in [2.05, 4.69) is 72.0 Å². The molecule has 0 saturated carbocycles. The number of benzene rings is 1. The lowest BCUT2D eigenvalue weighted by Gasteiger charge is -2.38. The van der Waals surface area contributed by atoms with E-state index in [1.807, 2.05) is 0 Å². The van der Waals surface area contributed by atoms with Crippen molar-refractivity contribution in [3.63, 3.8) is 0 Å². The van der Waals surface area contributed by atoms with E-state index in [0.717, 1.165) is 19.6 Å². The van der Waals surface area contributed by atoms with Gasteiger partial charge in [0.2, 0.25) is 0 Å². The molecule has 0 bridgehead atoms. The Labute approximate surface area is 131 Å². The van der Waals surface area contributed by atoms with Gasteiger partial charge in [0, 0.05) is 6.61 Å². The molecule has 0 spiro atoms. The molecular formula is C19H33NO. The van der Waals surface area contributed by atoms with Gasteiger partial charge in [0.25, 0.3) is 0 Å². The lowest BCUT2D eigenvalue weighted by Crippen LogP contribution is -2.42. The highest BCUT2D eigenvalue weighted by Crippen LogP contribution is 2.34. The Bertz CT molecular complexity index is 434. The average molecular weight is 291 g/mol. The minimum Gasteiger partial charge on any atom is -0.376 e. The normalized spacial score (nSPS) is 15.0. The van der Waals surface area contributed by atoms with Crippen LogP contribution >= 0.6 is 0 Å². The maximum atomic E-state index is 6.14. The summed E-state index contributed by atoms with van der Waals surface area (Å²) in [6, 6.07) is 6.97. The number of aryl methyl sites for hydroxylation is 2. The van der Waals surface area contributed by atoms with Crippen molar-refractivity contribution in [3.05, 3.63) is 34.9 Å². The number of hydrogen-bond acceptors (Lipinski definition) is 2. The number of hydrogen-bond donors (Lipinski definition) is 1. The summed E-state index contributed by atoms with van der Waals surface area (Å²) in [6.07, 6.45) is 1.29. The van der Waals surface area contributed by atoms with Crippen molar-refractivity contribution in [1.82, 2.24) is 5.32 Å². The van der Waals surface area contributed by atoms with Crippen molar-refractivity contribution in [2.24, 2.45) is 5.41 Å². The van der Waals surface area contributed by atoms with Crippen molar-refractivity contribution in [3.8, 4) is 0 Å². The van der Waals surface area contributed by atoms with Gasteiger partial charge in [0.05, 0.1) is 12.1 Å². The number of rotatable bonds is 7. The second kappa shape index (κ2) is 7.95. The fourth-order valence-corrected chi connectivity index (χ4v) is 2.88. The van der Waals surface area contributed by atoms with Gasteiger partial charge in [-0.25, -0.2) is 0 Å². The van der Waals surface area contributed by atoms with Crippen LogP contribution in [-0.2, 0) is 4.74 Å². The first-order valence-corrected chi connectivity index (χ1v) is 8.23. The zero-order valence-electron chi connectivity index (χ0n) is 14.9. The molecule has 0 aromatic heterocycles. The lowest BCUT2D eigenvalue weighted by molar-refractivity contribution is -0.0367. The molecule has 1 rings (SSSR count). The molecule has 0 saturated heterocycles. The van der Waals surface area contributed by atoms with Gasteiger partial charge in [0.15, 0.2) is 0 Å². The molecule has 21 heavy (non-hydrogen) atoms. The van der Waals surface area contributed by atoms with E-state index < -0.39 is 0 Å². The third-order valence-electron chi connectivity index (χ3n) is 3.88. The van der Waals surface area contributed by atoms with Crippen LogP contribution in [0.3, 0.4) is 0 Å². The molecule has 0 aliphatic carbocycles. The van der Waals surface area contributed by atoms with Crippen molar-refractivity contribution in [2.75, 3.05) is 13.2 Å². The summed E-state index contributed by atoms with van der Waals surface area (Å²) in [4.78, 5) is 0. The summed E-state index contributed by atoms with van der Waals surface area (Å²) in [7, 11) is 0. The fraction of sp³-hybridized carbons (Fsp3) is 0.684. The maximum Gasteiger partial charge on any atom is 0.0817 e. The van der Waals surface area contributed by atoms with Crippen LogP contribution in [0.2, 0.25) is 0 Å². The minimum absolute atomic E-state index is 0.0960. The Morgan fingerprint density at radius 3 is 2.29 bits per heavy atom. The summed E-state index contributed by atoms with van der Waals surface area (Å²) in [5.41, 5.74) is 4.12. The van der Waals surface area contributed by atoms with E-state index >= 15 is 0 Å². The molecule has 2 heteroatoms. The second-order valence-electron chi connectivity index (χ2n) is 7.03. The van der Waals surface area contributed by atoms with Crippen LogP contribution in [0, 0.1) is 19.3 Å². The predicted octanol–water partition coefficient (Wildman–Crippen LogP) is 4.80. The highest BCUT2D eigenvalue weighted by atomic mass is 16.5. The molecule has 0 aliphatic rings. The molecule has 0 aliphatic heterocycles. The molecule has 2 nitrogen and oxygen atoms in total. The molecule has 0 heterocycles. The zero-order valence-corrected chi connectivity index (χ0v) is 14.9. The zero-order chi connectivity index (χ0) is 16.0. The van der Waals surface area contributed by atoms with Gasteiger partial charge in [-0.15, -0.1) is 0 Å². The van der Waals surface area contributed by atoms with Crippen LogP contribution < -0.4 is 5.32 Å². The lowest BCUT2D eigenvalue weighted by atomic mass is 9.80. The molecule has 1 aromatic carbocycles. The first-order valence-electron chi connectivity index (χ1n) is 8.23. The molecule has 1 aromatic rings. The number of nitrogens with one attached hydrogen (secondary N) is 1. The molecule has 0 fully saturated rings.